The number of primary amides is 1. The first-order valence-corrected chi connectivity index (χ1v) is 10.6. The summed E-state index contributed by atoms with van der Waals surface area (Å²) in [6.45, 7) is -0.629. The highest BCUT2D eigenvalue weighted by molar-refractivity contribution is 7.80. The lowest BCUT2D eigenvalue weighted by Crippen LogP contribution is -2.57. The number of thiol groups is 1. The second-order valence-corrected chi connectivity index (χ2v) is 7.62. The van der Waals surface area contributed by atoms with Gasteiger partial charge in [0, 0.05) is 29.3 Å². The molecule has 33 heavy (non-hydrogen) atoms. The van der Waals surface area contributed by atoms with Gasteiger partial charge in [-0.2, -0.15) is 12.6 Å². The predicted molar refractivity (Wildman–Crippen MR) is 122 cm³/mol. The summed E-state index contributed by atoms with van der Waals surface area (Å²) in [6.07, 6.45) is 1.32. The topological polar surface area (TPSA) is 209 Å². The molecule has 0 fully saturated rings. The molecule has 0 aliphatic carbocycles. The Morgan fingerprint density at radius 1 is 1.03 bits per heavy atom. The predicted octanol–water partition coefficient (Wildman–Crippen LogP) is -1.99. The van der Waals surface area contributed by atoms with Crippen molar-refractivity contribution in [1.82, 2.24) is 20.9 Å². The van der Waals surface area contributed by atoms with Crippen molar-refractivity contribution in [2.75, 3.05) is 12.3 Å². The molecule has 0 aliphatic heterocycles. The minimum absolute atomic E-state index is 0.0426. The van der Waals surface area contributed by atoms with E-state index in [-0.39, 0.29) is 12.2 Å². The molecule has 1 aromatic carbocycles. The first-order valence-electron chi connectivity index (χ1n) is 9.92. The van der Waals surface area contributed by atoms with Gasteiger partial charge in [0.25, 0.3) is 0 Å². The Kier molecular flexibility index (Phi) is 9.24. The fourth-order valence-corrected chi connectivity index (χ4v) is 3.33. The molecule has 0 aliphatic rings. The monoisotopic (exact) mass is 478 g/mol. The van der Waals surface area contributed by atoms with Gasteiger partial charge in [-0.1, -0.05) is 18.2 Å². The highest BCUT2D eigenvalue weighted by atomic mass is 32.1. The van der Waals surface area contributed by atoms with E-state index in [1.54, 1.807) is 6.20 Å². The van der Waals surface area contributed by atoms with E-state index in [1.807, 2.05) is 24.3 Å². The highest BCUT2D eigenvalue weighted by Gasteiger charge is 2.29. The molecule has 0 bridgehead atoms. The lowest BCUT2D eigenvalue weighted by Gasteiger charge is -2.23. The fraction of sp³-hybridized carbons (Fsp3) is 0.350. The number of para-hydroxylation sites is 1. The summed E-state index contributed by atoms with van der Waals surface area (Å²) in [5, 5.41) is 16.7. The molecule has 2 rings (SSSR count). The van der Waals surface area contributed by atoms with Gasteiger partial charge in [0.15, 0.2) is 0 Å². The number of carbonyl (C=O) groups excluding carboxylic acids is 4. The number of hydrogen-bond acceptors (Lipinski definition) is 7. The minimum Gasteiger partial charge on any atom is -0.480 e. The number of rotatable bonds is 12. The van der Waals surface area contributed by atoms with Crippen molar-refractivity contribution in [3.63, 3.8) is 0 Å². The van der Waals surface area contributed by atoms with Crippen LogP contribution >= 0.6 is 12.6 Å². The number of fused-ring (bicyclic) bond motifs is 1. The Morgan fingerprint density at radius 2 is 1.70 bits per heavy atom. The van der Waals surface area contributed by atoms with Crippen LogP contribution in [0.4, 0.5) is 0 Å². The maximum Gasteiger partial charge on any atom is 0.322 e. The van der Waals surface area contributed by atoms with Crippen LogP contribution in [0, 0.1) is 0 Å². The number of carboxylic acids is 1. The molecular formula is C20H26N6O6S. The van der Waals surface area contributed by atoms with Crippen LogP contribution in [0.3, 0.4) is 0 Å². The van der Waals surface area contributed by atoms with Gasteiger partial charge in [-0.3, -0.25) is 24.0 Å². The molecule has 0 spiro atoms. The molecule has 1 heterocycles. The normalized spacial score (nSPS) is 13.5. The Balaban J connectivity index is 2.21. The van der Waals surface area contributed by atoms with Gasteiger partial charge >= 0.3 is 5.97 Å². The van der Waals surface area contributed by atoms with Crippen molar-refractivity contribution >= 4 is 53.1 Å². The van der Waals surface area contributed by atoms with Crippen molar-refractivity contribution in [3.05, 3.63) is 36.0 Å². The van der Waals surface area contributed by atoms with Crippen LogP contribution in [-0.4, -0.2) is 70.1 Å². The van der Waals surface area contributed by atoms with Crippen LogP contribution in [0.1, 0.15) is 12.0 Å². The number of aromatic amines is 1. The maximum absolute atomic E-state index is 13.0. The standard InChI is InChI=1S/C20H26N6O6S/c21-12(6-16(22)27)18(30)25-14(5-10-7-23-13-4-2-1-3-11(10)13)20(32)26-15(9-33)19(31)24-8-17(28)29/h1-4,7,12,14-15,23,33H,5-6,8-9,21H2,(H2,22,27)(H,24,31)(H,25,30)(H,26,32)(H,28,29). The number of amides is 4. The summed E-state index contributed by atoms with van der Waals surface area (Å²) in [5.41, 5.74) is 12.3. The van der Waals surface area contributed by atoms with Gasteiger partial charge in [-0.15, -0.1) is 0 Å². The molecule has 0 radical (unpaired) electrons. The van der Waals surface area contributed by atoms with Gasteiger partial charge in [0.05, 0.1) is 12.5 Å². The Labute approximate surface area is 194 Å². The average molecular weight is 479 g/mol. The molecule has 13 heteroatoms. The second-order valence-electron chi connectivity index (χ2n) is 7.26. The molecule has 3 unspecified atom stereocenters. The summed E-state index contributed by atoms with van der Waals surface area (Å²) < 4.78 is 0. The second kappa shape index (κ2) is 11.9. The van der Waals surface area contributed by atoms with Crippen LogP contribution in [-0.2, 0) is 30.4 Å². The first-order chi connectivity index (χ1) is 15.6. The Bertz CT molecular complexity index is 1040. The van der Waals surface area contributed by atoms with E-state index in [1.165, 1.54) is 0 Å². The number of nitrogens with two attached hydrogens (primary N) is 2. The van der Waals surface area contributed by atoms with Crippen LogP contribution in [0.5, 0.6) is 0 Å². The number of carboxylic acid groups (broad SMARTS) is 1. The molecule has 12 nitrogen and oxygen atoms in total. The summed E-state index contributed by atoms with van der Waals surface area (Å²) in [4.78, 5) is 62.5. The number of carbonyl (C=O) groups is 5. The third-order valence-electron chi connectivity index (χ3n) is 4.72. The smallest absolute Gasteiger partial charge is 0.322 e. The van der Waals surface area contributed by atoms with E-state index in [2.05, 4.69) is 33.6 Å². The summed E-state index contributed by atoms with van der Waals surface area (Å²) in [6, 6.07) is 3.77. The summed E-state index contributed by atoms with van der Waals surface area (Å²) in [5.74, 6) is -4.38. The zero-order valence-corrected chi connectivity index (χ0v) is 18.4. The first kappa shape index (κ1) is 25.7. The molecule has 1 aromatic heterocycles. The van der Waals surface area contributed by atoms with Crippen LogP contribution in [0.25, 0.3) is 10.9 Å². The van der Waals surface area contributed by atoms with Gasteiger partial charge in [0.2, 0.25) is 23.6 Å². The number of nitrogens with one attached hydrogen (secondary N) is 4. The lowest BCUT2D eigenvalue weighted by molar-refractivity contribution is -0.138. The summed E-state index contributed by atoms with van der Waals surface area (Å²) in [7, 11) is 0. The van der Waals surface area contributed by atoms with Crippen LogP contribution in [0.2, 0.25) is 0 Å². The number of benzene rings is 1. The molecular weight excluding hydrogens is 452 g/mol. The van der Waals surface area contributed by atoms with E-state index >= 15 is 0 Å². The van der Waals surface area contributed by atoms with Crippen molar-refractivity contribution in [2.24, 2.45) is 11.5 Å². The third kappa shape index (κ3) is 7.50. The number of hydrogen-bond donors (Lipinski definition) is 8. The zero-order valence-electron chi connectivity index (χ0n) is 17.5. The van der Waals surface area contributed by atoms with Crippen molar-refractivity contribution in [2.45, 2.75) is 31.0 Å². The van der Waals surface area contributed by atoms with E-state index < -0.39 is 60.7 Å². The molecule has 2 aromatic rings. The van der Waals surface area contributed by atoms with Gasteiger partial charge in [0.1, 0.15) is 18.6 Å². The highest BCUT2D eigenvalue weighted by Crippen LogP contribution is 2.19. The molecule has 4 amide bonds. The van der Waals surface area contributed by atoms with Gasteiger partial charge in [-0.05, 0) is 11.6 Å². The maximum atomic E-state index is 13.0. The molecule has 9 N–H and O–H groups in total. The molecule has 3 atom stereocenters. The quantitative estimate of drug-likeness (QED) is 0.161. The van der Waals surface area contributed by atoms with Crippen LogP contribution in [0.15, 0.2) is 30.5 Å². The van der Waals surface area contributed by atoms with Gasteiger partial charge in [-0.25, -0.2) is 0 Å². The SMILES string of the molecule is NC(=O)CC(N)C(=O)NC(Cc1c[nH]c2ccccc12)C(=O)NC(CS)C(=O)NCC(=O)O. The molecule has 0 saturated heterocycles. The third-order valence-corrected chi connectivity index (χ3v) is 5.08. The van der Waals surface area contributed by atoms with E-state index in [0.717, 1.165) is 10.9 Å². The average Bonchev–Trinajstić information content (AvgIpc) is 3.17. The van der Waals surface area contributed by atoms with E-state index in [9.17, 15) is 24.0 Å². The Morgan fingerprint density at radius 3 is 2.33 bits per heavy atom. The lowest BCUT2D eigenvalue weighted by atomic mass is 10.0. The Hall–Kier alpha value is -3.58. The van der Waals surface area contributed by atoms with E-state index in [0.29, 0.717) is 5.56 Å². The van der Waals surface area contributed by atoms with Crippen molar-refractivity contribution in [3.8, 4) is 0 Å². The van der Waals surface area contributed by atoms with Crippen molar-refractivity contribution in [1.29, 1.82) is 0 Å². The number of H-pyrrole nitrogens is 1. The molecule has 0 saturated carbocycles. The van der Waals surface area contributed by atoms with E-state index in [4.69, 9.17) is 16.6 Å². The largest absolute Gasteiger partial charge is 0.480 e. The number of aliphatic carboxylic acids is 1. The van der Waals surface area contributed by atoms with Crippen molar-refractivity contribution < 1.29 is 29.1 Å². The van der Waals surface area contributed by atoms with Crippen LogP contribution < -0.4 is 27.4 Å². The fourth-order valence-electron chi connectivity index (χ4n) is 3.07. The number of aromatic nitrogens is 1. The minimum atomic E-state index is -1.26. The zero-order chi connectivity index (χ0) is 24.5. The molecule has 178 valence electrons. The van der Waals surface area contributed by atoms with Gasteiger partial charge < -0.3 is 37.5 Å². The summed E-state index contributed by atoms with van der Waals surface area (Å²) >= 11 is 4.03.